The highest BCUT2D eigenvalue weighted by Gasteiger charge is 2.11. The van der Waals surface area contributed by atoms with E-state index in [4.69, 9.17) is 4.42 Å². The van der Waals surface area contributed by atoms with Crippen molar-refractivity contribution in [3.8, 4) is 0 Å². The Morgan fingerprint density at radius 3 is 2.52 bits per heavy atom. The zero-order valence-corrected chi connectivity index (χ0v) is 11.8. The van der Waals surface area contributed by atoms with Crippen molar-refractivity contribution >= 4 is 11.8 Å². The maximum atomic E-state index is 11.7. The number of furan rings is 1. The van der Waals surface area contributed by atoms with E-state index >= 15 is 0 Å². The molecule has 1 heterocycles. The molecule has 2 N–H and O–H groups in total. The molecule has 5 nitrogen and oxygen atoms in total. The highest BCUT2D eigenvalue weighted by molar-refractivity contribution is 5.94. The number of rotatable bonds is 6. The van der Waals surface area contributed by atoms with Crippen LogP contribution in [-0.4, -0.2) is 24.9 Å². The summed E-state index contributed by atoms with van der Waals surface area (Å²) in [6.45, 7) is 2.50. The van der Waals surface area contributed by atoms with Crippen molar-refractivity contribution < 1.29 is 14.0 Å². The van der Waals surface area contributed by atoms with Crippen LogP contribution in [0.1, 0.15) is 29.0 Å². The molecule has 110 valence electrons. The molecule has 0 fully saturated rings. The number of benzene rings is 1. The molecule has 0 spiro atoms. The molecule has 0 radical (unpaired) electrons. The van der Waals surface area contributed by atoms with Crippen molar-refractivity contribution in [2.75, 3.05) is 13.1 Å². The molecule has 2 rings (SSSR count). The van der Waals surface area contributed by atoms with Gasteiger partial charge in [-0.1, -0.05) is 37.3 Å². The van der Waals surface area contributed by atoms with Crippen LogP contribution in [0.15, 0.2) is 53.1 Å². The normalized spacial score (nSPS) is 11.7. The minimum Gasteiger partial charge on any atom is -0.459 e. The number of hydrogen-bond donors (Lipinski definition) is 2. The Balaban J connectivity index is 1.71. The Hall–Kier alpha value is -2.56. The molecule has 2 amide bonds. The van der Waals surface area contributed by atoms with E-state index in [1.807, 2.05) is 37.3 Å². The summed E-state index contributed by atoms with van der Waals surface area (Å²) in [6.07, 6.45) is 1.41. The van der Waals surface area contributed by atoms with Crippen LogP contribution in [0.2, 0.25) is 0 Å². The van der Waals surface area contributed by atoms with Crippen LogP contribution in [0.4, 0.5) is 0 Å². The van der Waals surface area contributed by atoms with Gasteiger partial charge in [-0.15, -0.1) is 0 Å². The van der Waals surface area contributed by atoms with E-state index in [-0.39, 0.29) is 24.1 Å². The number of carbonyl (C=O) groups excluding carboxylic acids is 2. The first kappa shape index (κ1) is 14.8. The predicted molar refractivity (Wildman–Crippen MR) is 78.9 cm³/mol. The van der Waals surface area contributed by atoms with Crippen LogP contribution >= 0.6 is 0 Å². The monoisotopic (exact) mass is 286 g/mol. The van der Waals surface area contributed by atoms with Crippen LogP contribution in [0.5, 0.6) is 0 Å². The lowest BCUT2D eigenvalue weighted by Gasteiger charge is -2.13. The lowest BCUT2D eigenvalue weighted by molar-refractivity contribution is -0.120. The zero-order chi connectivity index (χ0) is 15.1. The van der Waals surface area contributed by atoms with Crippen molar-refractivity contribution in [2.24, 2.45) is 0 Å². The molecule has 1 atom stereocenters. The Morgan fingerprint density at radius 2 is 1.86 bits per heavy atom. The topological polar surface area (TPSA) is 71.3 Å². The van der Waals surface area contributed by atoms with E-state index in [1.165, 1.54) is 6.26 Å². The van der Waals surface area contributed by atoms with Gasteiger partial charge in [-0.3, -0.25) is 9.59 Å². The van der Waals surface area contributed by atoms with Crippen molar-refractivity contribution in [2.45, 2.75) is 12.8 Å². The van der Waals surface area contributed by atoms with E-state index in [0.717, 1.165) is 5.56 Å². The van der Waals surface area contributed by atoms with E-state index in [2.05, 4.69) is 10.6 Å². The minimum atomic E-state index is -0.397. The van der Waals surface area contributed by atoms with Gasteiger partial charge < -0.3 is 15.1 Å². The van der Waals surface area contributed by atoms with E-state index < -0.39 is 5.91 Å². The number of carbonyl (C=O) groups is 2. The molecule has 0 saturated heterocycles. The fourth-order valence-corrected chi connectivity index (χ4v) is 1.88. The smallest absolute Gasteiger partial charge is 0.287 e. The lowest BCUT2D eigenvalue weighted by Crippen LogP contribution is -2.38. The first-order valence-corrected chi connectivity index (χ1v) is 6.80. The van der Waals surface area contributed by atoms with E-state index in [1.54, 1.807) is 12.1 Å². The highest BCUT2D eigenvalue weighted by Crippen LogP contribution is 2.12. The van der Waals surface area contributed by atoms with Gasteiger partial charge in [0.15, 0.2) is 5.76 Å². The first-order chi connectivity index (χ1) is 10.2. The molecule has 0 unspecified atom stereocenters. The van der Waals surface area contributed by atoms with Gasteiger partial charge in [0, 0.05) is 6.54 Å². The summed E-state index contributed by atoms with van der Waals surface area (Å²) >= 11 is 0. The number of hydrogen-bond acceptors (Lipinski definition) is 3. The average molecular weight is 286 g/mol. The molecule has 21 heavy (non-hydrogen) atoms. The molecule has 0 saturated carbocycles. The minimum absolute atomic E-state index is 0.0684. The Labute approximate surface area is 123 Å². The summed E-state index contributed by atoms with van der Waals surface area (Å²) in [4.78, 5) is 23.3. The molecular weight excluding hydrogens is 268 g/mol. The van der Waals surface area contributed by atoms with E-state index in [9.17, 15) is 9.59 Å². The Kier molecular flexibility index (Phi) is 5.15. The largest absolute Gasteiger partial charge is 0.459 e. The van der Waals surface area contributed by atoms with Crippen molar-refractivity contribution in [1.82, 2.24) is 10.6 Å². The molecule has 0 bridgehead atoms. The molecule has 5 heteroatoms. The summed E-state index contributed by atoms with van der Waals surface area (Å²) in [5.74, 6) is -0.208. The van der Waals surface area contributed by atoms with Gasteiger partial charge in [0.05, 0.1) is 12.8 Å². The molecule has 2 aromatic rings. The molecule has 1 aromatic carbocycles. The summed E-state index contributed by atoms with van der Waals surface area (Å²) < 4.78 is 4.94. The van der Waals surface area contributed by atoms with Crippen LogP contribution < -0.4 is 10.6 Å². The van der Waals surface area contributed by atoms with Gasteiger partial charge in [-0.25, -0.2) is 0 Å². The van der Waals surface area contributed by atoms with Gasteiger partial charge in [0.1, 0.15) is 0 Å². The van der Waals surface area contributed by atoms with E-state index in [0.29, 0.717) is 6.54 Å². The number of amides is 2. The summed E-state index contributed by atoms with van der Waals surface area (Å²) in [5.41, 5.74) is 1.16. The first-order valence-electron chi connectivity index (χ1n) is 6.80. The summed E-state index contributed by atoms with van der Waals surface area (Å²) in [6, 6.07) is 13.1. The van der Waals surface area contributed by atoms with Crippen LogP contribution in [0, 0.1) is 0 Å². The fourth-order valence-electron chi connectivity index (χ4n) is 1.88. The van der Waals surface area contributed by atoms with Gasteiger partial charge >= 0.3 is 0 Å². The maximum absolute atomic E-state index is 11.7. The van der Waals surface area contributed by atoms with Gasteiger partial charge in [-0.2, -0.15) is 0 Å². The van der Waals surface area contributed by atoms with Crippen LogP contribution in [0.3, 0.4) is 0 Å². The average Bonchev–Trinajstić information content (AvgIpc) is 3.05. The third-order valence-electron chi connectivity index (χ3n) is 3.13. The third kappa shape index (κ3) is 4.49. The van der Waals surface area contributed by atoms with Crippen LogP contribution in [0.25, 0.3) is 0 Å². The lowest BCUT2D eigenvalue weighted by atomic mass is 10.0. The Morgan fingerprint density at radius 1 is 1.10 bits per heavy atom. The standard InChI is InChI=1S/C16H18N2O3/c1-12(13-6-3-2-4-7-13)10-17-15(19)11-18-16(20)14-8-5-9-21-14/h2-9,12H,10-11H2,1H3,(H,17,19)(H,18,20)/t12-/m1/s1. The molecule has 1 aromatic heterocycles. The van der Waals surface area contributed by atoms with Crippen molar-refractivity contribution in [3.05, 3.63) is 60.1 Å². The summed E-state index contributed by atoms with van der Waals surface area (Å²) in [7, 11) is 0. The highest BCUT2D eigenvalue weighted by atomic mass is 16.3. The SMILES string of the molecule is C[C@H](CNC(=O)CNC(=O)c1ccco1)c1ccccc1. The Bertz CT molecular complexity index is 579. The number of nitrogens with one attached hydrogen (secondary N) is 2. The molecule has 0 aliphatic rings. The second kappa shape index (κ2) is 7.28. The molecule has 0 aliphatic heterocycles. The maximum Gasteiger partial charge on any atom is 0.287 e. The zero-order valence-electron chi connectivity index (χ0n) is 11.8. The fraction of sp³-hybridized carbons (Fsp3) is 0.250. The van der Waals surface area contributed by atoms with Crippen molar-refractivity contribution in [3.63, 3.8) is 0 Å². The predicted octanol–water partition coefficient (Wildman–Crippen LogP) is 1.93. The van der Waals surface area contributed by atoms with Crippen LogP contribution in [-0.2, 0) is 4.79 Å². The van der Waals surface area contributed by atoms with Gasteiger partial charge in [0.2, 0.25) is 5.91 Å². The second-order valence-corrected chi connectivity index (χ2v) is 4.78. The third-order valence-corrected chi connectivity index (χ3v) is 3.13. The van der Waals surface area contributed by atoms with Gasteiger partial charge in [-0.05, 0) is 23.6 Å². The molecule has 0 aliphatic carbocycles. The van der Waals surface area contributed by atoms with Crippen molar-refractivity contribution in [1.29, 1.82) is 0 Å². The van der Waals surface area contributed by atoms with Gasteiger partial charge in [0.25, 0.3) is 5.91 Å². The quantitative estimate of drug-likeness (QED) is 0.852. The summed E-state index contributed by atoms with van der Waals surface area (Å²) in [5, 5.41) is 5.30. The second-order valence-electron chi connectivity index (χ2n) is 4.78. The molecular formula is C16H18N2O3.